The number of hydrogen-bond donors (Lipinski definition) is 1. The van der Waals surface area contributed by atoms with E-state index in [1.165, 1.54) is 18.1 Å². The number of pyridine rings is 1. The summed E-state index contributed by atoms with van der Waals surface area (Å²) in [5.74, 6) is 0.440. The predicted octanol–water partition coefficient (Wildman–Crippen LogP) is 4.99. The van der Waals surface area contributed by atoms with Gasteiger partial charge in [0.25, 0.3) is 0 Å². The highest BCUT2D eigenvalue weighted by Gasteiger charge is 2.12. The Balaban J connectivity index is 2.20. The highest BCUT2D eigenvalue weighted by Crippen LogP contribution is 2.35. The lowest BCUT2D eigenvalue weighted by Gasteiger charge is -2.14. The van der Waals surface area contributed by atoms with Gasteiger partial charge in [0.15, 0.2) is 0 Å². The summed E-state index contributed by atoms with van der Waals surface area (Å²) < 4.78 is 0. The van der Waals surface area contributed by atoms with E-state index in [2.05, 4.69) is 54.5 Å². The number of carbonyl (C=O) groups is 1. The van der Waals surface area contributed by atoms with Gasteiger partial charge in [-0.15, -0.1) is 0 Å². The van der Waals surface area contributed by atoms with Crippen LogP contribution in [0.5, 0.6) is 0 Å². The standard InChI is InChI=1S/C21H20N2O/c1-14-9-10-18(15(2)11-14)20-13-22-21(23-16(3)24)12-19(20)17-7-5-4-6-8-17/h4-13H,1-3H3,(H,22,23,24). The Morgan fingerprint density at radius 2 is 1.67 bits per heavy atom. The molecule has 0 atom stereocenters. The summed E-state index contributed by atoms with van der Waals surface area (Å²) in [6.07, 6.45) is 1.84. The molecule has 0 saturated carbocycles. The molecule has 0 aliphatic rings. The van der Waals surface area contributed by atoms with Gasteiger partial charge < -0.3 is 5.32 Å². The molecule has 3 heteroatoms. The van der Waals surface area contributed by atoms with Crippen molar-refractivity contribution >= 4 is 11.7 Å². The van der Waals surface area contributed by atoms with Crippen molar-refractivity contribution in [2.75, 3.05) is 5.32 Å². The van der Waals surface area contributed by atoms with Crippen LogP contribution in [0.4, 0.5) is 5.82 Å². The first-order chi connectivity index (χ1) is 11.5. The van der Waals surface area contributed by atoms with Crippen molar-refractivity contribution in [1.29, 1.82) is 0 Å². The number of aromatic nitrogens is 1. The molecular formula is C21H20N2O. The first kappa shape index (κ1) is 15.9. The zero-order chi connectivity index (χ0) is 17.1. The number of carbonyl (C=O) groups excluding carboxylic acids is 1. The average molecular weight is 316 g/mol. The molecule has 1 aromatic heterocycles. The van der Waals surface area contributed by atoms with Crippen molar-refractivity contribution in [2.24, 2.45) is 0 Å². The Morgan fingerprint density at radius 1 is 0.917 bits per heavy atom. The van der Waals surface area contributed by atoms with E-state index in [0.29, 0.717) is 5.82 Å². The van der Waals surface area contributed by atoms with Crippen molar-refractivity contribution < 1.29 is 4.79 Å². The van der Waals surface area contributed by atoms with E-state index < -0.39 is 0 Å². The first-order valence-electron chi connectivity index (χ1n) is 7.95. The Bertz CT molecular complexity index is 886. The van der Waals surface area contributed by atoms with Crippen LogP contribution in [0.15, 0.2) is 60.8 Å². The fourth-order valence-electron chi connectivity index (χ4n) is 2.89. The van der Waals surface area contributed by atoms with Gasteiger partial charge in [0.1, 0.15) is 5.82 Å². The molecule has 1 N–H and O–H groups in total. The van der Waals surface area contributed by atoms with Crippen molar-refractivity contribution in [2.45, 2.75) is 20.8 Å². The van der Waals surface area contributed by atoms with Gasteiger partial charge >= 0.3 is 0 Å². The second-order valence-corrected chi connectivity index (χ2v) is 5.98. The van der Waals surface area contributed by atoms with Gasteiger partial charge in [0, 0.05) is 18.7 Å². The van der Waals surface area contributed by atoms with Gasteiger partial charge in [-0.3, -0.25) is 4.79 Å². The van der Waals surface area contributed by atoms with Crippen molar-refractivity contribution in [3.8, 4) is 22.3 Å². The highest BCUT2D eigenvalue weighted by atomic mass is 16.1. The van der Waals surface area contributed by atoms with Crippen LogP contribution >= 0.6 is 0 Å². The lowest BCUT2D eigenvalue weighted by Crippen LogP contribution is -2.07. The molecule has 1 amide bonds. The molecule has 0 bridgehead atoms. The van der Waals surface area contributed by atoms with Gasteiger partial charge in [-0.05, 0) is 42.2 Å². The quantitative estimate of drug-likeness (QED) is 0.739. The van der Waals surface area contributed by atoms with Crippen LogP contribution < -0.4 is 5.32 Å². The van der Waals surface area contributed by atoms with Crippen molar-refractivity contribution in [3.63, 3.8) is 0 Å². The number of amides is 1. The second kappa shape index (κ2) is 6.67. The number of benzene rings is 2. The molecule has 3 aromatic rings. The normalized spacial score (nSPS) is 10.5. The third-order valence-corrected chi connectivity index (χ3v) is 3.96. The molecule has 0 aliphatic heterocycles. The van der Waals surface area contributed by atoms with E-state index in [-0.39, 0.29) is 5.91 Å². The van der Waals surface area contributed by atoms with Crippen LogP contribution in [-0.4, -0.2) is 10.9 Å². The van der Waals surface area contributed by atoms with Gasteiger partial charge in [-0.1, -0.05) is 54.1 Å². The number of nitrogens with zero attached hydrogens (tertiary/aromatic N) is 1. The van der Waals surface area contributed by atoms with Gasteiger partial charge in [0.2, 0.25) is 5.91 Å². The van der Waals surface area contributed by atoms with Crippen molar-refractivity contribution in [3.05, 3.63) is 71.9 Å². The SMILES string of the molecule is CC(=O)Nc1cc(-c2ccccc2)c(-c2ccc(C)cc2C)cn1. The molecular weight excluding hydrogens is 296 g/mol. The zero-order valence-corrected chi connectivity index (χ0v) is 14.1. The maximum absolute atomic E-state index is 11.4. The summed E-state index contributed by atoms with van der Waals surface area (Å²) in [7, 11) is 0. The molecule has 3 nitrogen and oxygen atoms in total. The Kier molecular flexibility index (Phi) is 4.43. The Hall–Kier alpha value is -2.94. The molecule has 120 valence electrons. The zero-order valence-electron chi connectivity index (χ0n) is 14.1. The first-order valence-corrected chi connectivity index (χ1v) is 7.95. The molecule has 2 aromatic carbocycles. The van der Waals surface area contributed by atoms with Crippen LogP contribution in [0.25, 0.3) is 22.3 Å². The molecule has 1 heterocycles. The van der Waals surface area contributed by atoms with Crippen LogP contribution in [-0.2, 0) is 4.79 Å². The van der Waals surface area contributed by atoms with E-state index >= 15 is 0 Å². The molecule has 0 spiro atoms. The van der Waals surface area contributed by atoms with E-state index in [9.17, 15) is 4.79 Å². The monoisotopic (exact) mass is 316 g/mol. The summed E-state index contributed by atoms with van der Waals surface area (Å²) in [4.78, 5) is 15.8. The number of hydrogen-bond acceptors (Lipinski definition) is 2. The van der Waals surface area contributed by atoms with Gasteiger partial charge in [-0.25, -0.2) is 4.98 Å². The van der Waals surface area contributed by atoms with Gasteiger partial charge in [-0.2, -0.15) is 0 Å². The average Bonchev–Trinajstić information content (AvgIpc) is 2.55. The van der Waals surface area contributed by atoms with Crippen molar-refractivity contribution in [1.82, 2.24) is 4.98 Å². The van der Waals surface area contributed by atoms with Crippen LogP contribution in [0, 0.1) is 13.8 Å². The maximum Gasteiger partial charge on any atom is 0.222 e. The number of anilines is 1. The second-order valence-electron chi connectivity index (χ2n) is 5.98. The Morgan fingerprint density at radius 3 is 2.33 bits per heavy atom. The summed E-state index contributed by atoms with van der Waals surface area (Å²) in [5.41, 5.74) is 6.82. The van der Waals surface area contributed by atoms with Crippen LogP contribution in [0.2, 0.25) is 0 Å². The summed E-state index contributed by atoms with van der Waals surface area (Å²) in [6.45, 7) is 5.69. The third kappa shape index (κ3) is 3.35. The van der Waals surface area contributed by atoms with E-state index in [1.54, 1.807) is 0 Å². The summed E-state index contributed by atoms with van der Waals surface area (Å²) >= 11 is 0. The minimum atomic E-state index is -0.124. The number of rotatable bonds is 3. The fraction of sp³-hybridized carbons (Fsp3) is 0.143. The third-order valence-electron chi connectivity index (χ3n) is 3.96. The number of aryl methyl sites for hydroxylation is 2. The van der Waals surface area contributed by atoms with E-state index in [1.807, 2.05) is 30.5 Å². The largest absolute Gasteiger partial charge is 0.311 e. The molecule has 0 unspecified atom stereocenters. The van der Waals surface area contributed by atoms with E-state index in [4.69, 9.17) is 0 Å². The lowest BCUT2D eigenvalue weighted by atomic mass is 9.93. The molecule has 0 fully saturated rings. The lowest BCUT2D eigenvalue weighted by molar-refractivity contribution is -0.114. The van der Waals surface area contributed by atoms with Gasteiger partial charge in [0.05, 0.1) is 0 Å². The topological polar surface area (TPSA) is 42.0 Å². The summed E-state index contributed by atoms with van der Waals surface area (Å²) in [6, 6.07) is 18.5. The summed E-state index contributed by atoms with van der Waals surface area (Å²) in [5, 5.41) is 2.77. The number of nitrogens with one attached hydrogen (secondary N) is 1. The molecule has 0 aliphatic carbocycles. The Labute approximate surface area is 142 Å². The smallest absolute Gasteiger partial charge is 0.222 e. The minimum absolute atomic E-state index is 0.124. The fourth-order valence-corrected chi connectivity index (χ4v) is 2.89. The highest BCUT2D eigenvalue weighted by molar-refractivity contribution is 5.91. The maximum atomic E-state index is 11.4. The molecule has 3 rings (SSSR count). The molecule has 0 saturated heterocycles. The molecule has 24 heavy (non-hydrogen) atoms. The predicted molar refractivity (Wildman–Crippen MR) is 98.9 cm³/mol. The minimum Gasteiger partial charge on any atom is -0.311 e. The molecule has 0 radical (unpaired) electrons. The van der Waals surface area contributed by atoms with Crippen LogP contribution in [0.1, 0.15) is 18.1 Å². The van der Waals surface area contributed by atoms with Crippen LogP contribution in [0.3, 0.4) is 0 Å². The van der Waals surface area contributed by atoms with E-state index in [0.717, 1.165) is 22.3 Å².